The average Bonchev–Trinajstić information content (AvgIpc) is 3.00. The number of ether oxygens (including phenoxy) is 1. The zero-order valence-corrected chi connectivity index (χ0v) is 26.4. The van der Waals surface area contributed by atoms with Gasteiger partial charge >= 0.3 is 0 Å². The van der Waals surface area contributed by atoms with Gasteiger partial charge in [-0.3, -0.25) is 0 Å². The Bertz CT molecular complexity index is 1480. The minimum Gasteiger partial charge on any atom is -0.495 e. The molecule has 0 amide bonds. The van der Waals surface area contributed by atoms with Crippen molar-refractivity contribution >= 4 is 38.9 Å². The van der Waals surface area contributed by atoms with Crippen molar-refractivity contribution in [3.63, 3.8) is 0 Å². The Kier molecular flexibility index (Phi) is 10.9. The maximum absolute atomic E-state index is 13.6. The van der Waals surface area contributed by atoms with Crippen molar-refractivity contribution < 1.29 is 23.1 Å². The highest BCUT2D eigenvalue weighted by molar-refractivity contribution is 7.89. The minimum atomic E-state index is -3.91. The van der Waals surface area contributed by atoms with Crippen LogP contribution < -0.4 is 4.74 Å². The van der Waals surface area contributed by atoms with Crippen LogP contribution in [0.3, 0.4) is 0 Å². The van der Waals surface area contributed by atoms with Crippen molar-refractivity contribution in [1.82, 2.24) is 9.21 Å². The van der Waals surface area contributed by atoms with E-state index in [-0.39, 0.29) is 23.1 Å². The van der Waals surface area contributed by atoms with Crippen LogP contribution in [0, 0.1) is 0 Å². The highest BCUT2D eigenvalue weighted by Crippen LogP contribution is 2.35. The Morgan fingerprint density at radius 2 is 1.69 bits per heavy atom. The molecule has 1 saturated heterocycles. The molecule has 226 valence electrons. The zero-order chi connectivity index (χ0) is 30.3. The number of para-hydroxylation sites is 1. The van der Waals surface area contributed by atoms with Gasteiger partial charge in [-0.1, -0.05) is 76.9 Å². The number of hydrogen-bond acceptors (Lipinski definition) is 7. The first kappa shape index (κ1) is 32.3. The first-order valence-electron chi connectivity index (χ1n) is 13.7. The summed E-state index contributed by atoms with van der Waals surface area (Å²) in [5, 5.41) is 16.4. The molecule has 1 aliphatic heterocycles. The number of benzene rings is 3. The number of nitrogens with zero attached hydrogens (tertiary/aromatic N) is 3. The highest BCUT2D eigenvalue weighted by Gasteiger charge is 2.35. The fourth-order valence-corrected chi connectivity index (χ4v) is 6.98. The first-order valence-corrected chi connectivity index (χ1v) is 15.9. The lowest BCUT2D eigenvalue weighted by Gasteiger charge is -2.39. The molecule has 42 heavy (non-hydrogen) atoms. The topological polar surface area (TPSA) is 91.7 Å². The third-order valence-electron chi connectivity index (χ3n) is 7.83. The van der Waals surface area contributed by atoms with Gasteiger partial charge in [0.2, 0.25) is 10.0 Å². The van der Waals surface area contributed by atoms with Gasteiger partial charge in [0, 0.05) is 26.1 Å². The van der Waals surface area contributed by atoms with Crippen LogP contribution in [-0.4, -0.2) is 75.9 Å². The second kappa shape index (κ2) is 14.2. The molecule has 11 heteroatoms. The van der Waals surface area contributed by atoms with E-state index in [4.69, 9.17) is 32.8 Å². The summed E-state index contributed by atoms with van der Waals surface area (Å²) in [6, 6.07) is 21.7. The van der Waals surface area contributed by atoms with Crippen LogP contribution in [0.2, 0.25) is 10.0 Å². The van der Waals surface area contributed by atoms with Crippen molar-refractivity contribution in [2.24, 2.45) is 5.16 Å². The molecule has 4 rings (SSSR count). The Labute approximate surface area is 258 Å². The van der Waals surface area contributed by atoms with Crippen LogP contribution in [0.15, 0.2) is 82.8 Å². The van der Waals surface area contributed by atoms with Gasteiger partial charge in [-0.05, 0) is 61.2 Å². The van der Waals surface area contributed by atoms with E-state index < -0.39 is 15.6 Å². The van der Waals surface area contributed by atoms with E-state index in [1.165, 1.54) is 31.6 Å². The number of halogens is 2. The van der Waals surface area contributed by atoms with E-state index in [0.717, 1.165) is 24.2 Å². The van der Waals surface area contributed by atoms with E-state index in [0.29, 0.717) is 41.6 Å². The second-order valence-corrected chi connectivity index (χ2v) is 13.3. The fourth-order valence-electron chi connectivity index (χ4n) is 5.38. The largest absolute Gasteiger partial charge is 0.495 e. The second-order valence-electron chi connectivity index (χ2n) is 10.4. The number of likely N-dealkylation sites (tertiary alicyclic amines) is 1. The molecular weight excluding hydrogens is 597 g/mol. The van der Waals surface area contributed by atoms with Crippen LogP contribution in [-0.2, 0) is 20.5 Å². The molecule has 8 nitrogen and oxygen atoms in total. The van der Waals surface area contributed by atoms with Gasteiger partial charge in [-0.25, -0.2) is 8.42 Å². The van der Waals surface area contributed by atoms with Crippen molar-refractivity contribution in [2.75, 3.05) is 47.4 Å². The maximum atomic E-state index is 13.6. The molecule has 1 heterocycles. The molecule has 0 aliphatic carbocycles. The summed E-state index contributed by atoms with van der Waals surface area (Å²) in [5.74, 6) is -0.0545. The number of hydrogen-bond donors (Lipinski definition) is 1. The molecule has 0 radical (unpaired) electrons. The van der Waals surface area contributed by atoms with Crippen LogP contribution in [0.4, 0.5) is 0 Å². The summed E-state index contributed by atoms with van der Waals surface area (Å²) < 4.78 is 33.7. The monoisotopic (exact) mass is 633 g/mol. The average molecular weight is 635 g/mol. The fraction of sp³-hybridized carbons (Fsp3) is 0.387. The summed E-state index contributed by atoms with van der Waals surface area (Å²) in [6.07, 6.45) is 1.85. The first-order chi connectivity index (χ1) is 20.1. The van der Waals surface area contributed by atoms with E-state index in [1.54, 1.807) is 30.3 Å². The Hall–Kier alpha value is -2.66. The smallest absolute Gasteiger partial charge is 0.246 e. The zero-order valence-electron chi connectivity index (χ0n) is 24.0. The van der Waals surface area contributed by atoms with Crippen molar-refractivity contribution in [2.45, 2.75) is 35.7 Å². The lowest BCUT2D eigenvalue weighted by atomic mass is 9.84. The number of aliphatic hydroxyl groups is 1. The Morgan fingerprint density at radius 3 is 2.33 bits per heavy atom. The summed E-state index contributed by atoms with van der Waals surface area (Å²) >= 11 is 12.6. The predicted molar refractivity (Wildman–Crippen MR) is 167 cm³/mol. The number of piperidine rings is 1. The van der Waals surface area contributed by atoms with E-state index in [9.17, 15) is 13.5 Å². The van der Waals surface area contributed by atoms with Gasteiger partial charge in [-0.15, -0.1) is 0 Å². The summed E-state index contributed by atoms with van der Waals surface area (Å²) in [7, 11) is 0.472. The van der Waals surface area contributed by atoms with Gasteiger partial charge in [-0.2, -0.15) is 4.31 Å². The van der Waals surface area contributed by atoms with Gasteiger partial charge in [0.1, 0.15) is 17.8 Å². The molecule has 0 saturated carbocycles. The van der Waals surface area contributed by atoms with Gasteiger partial charge in [0.05, 0.1) is 35.0 Å². The number of methoxy groups -OCH3 is 1. The van der Waals surface area contributed by atoms with E-state index >= 15 is 0 Å². The van der Waals surface area contributed by atoms with Crippen LogP contribution in [0.25, 0.3) is 0 Å². The minimum absolute atomic E-state index is 0.0209. The predicted octanol–water partition coefficient (Wildman–Crippen LogP) is 5.78. The Morgan fingerprint density at radius 1 is 1.02 bits per heavy atom. The molecule has 0 spiro atoms. The van der Waals surface area contributed by atoms with Crippen LogP contribution >= 0.6 is 23.2 Å². The van der Waals surface area contributed by atoms with Gasteiger partial charge in [0.25, 0.3) is 0 Å². The lowest BCUT2D eigenvalue weighted by Crippen LogP contribution is -2.43. The van der Waals surface area contributed by atoms with Crippen molar-refractivity contribution in [3.8, 4) is 5.75 Å². The normalized spacial score (nSPS) is 16.8. The van der Waals surface area contributed by atoms with Crippen molar-refractivity contribution in [1.29, 1.82) is 0 Å². The summed E-state index contributed by atoms with van der Waals surface area (Å²) in [5.41, 5.74) is 1.46. The van der Waals surface area contributed by atoms with Crippen LogP contribution in [0.5, 0.6) is 5.75 Å². The molecule has 0 bridgehead atoms. The maximum Gasteiger partial charge on any atom is 0.246 e. The van der Waals surface area contributed by atoms with Gasteiger partial charge in [0.15, 0.2) is 0 Å². The lowest BCUT2D eigenvalue weighted by molar-refractivity contribution is -0.0261. The molecule has 0 aromatic heterocycles. The van der Waals surface area contributed by atoms with Crippen molar-refractivity contribution in [3.05, 3.63) is 94.0 Å². The van der Waals surface area contributed by atoms with E-state index in [2.05, 4.69) is 10.1 Å². The molecule has 3 aromatic carbocycles. The summed E-state index contributed by atoms with van der Waals surface area (Å²) in [4.78, 5) is 7.60. The molecule has 1 aliphatic rings. The SMILES string of the molecule is CO/N=C(/CN(C)S(=O)(=O)c1ccccc1OC)C(CCN1CCC(O)(c2ccccc2)CC1)c1ccc(Cl)c(Cl)c1. The number of oxime groups is 1. The molecule has 1 fully saturated rings. The molecule has 1 N–H and O–H groups in total. The standard InChI is InChI=1S/C31H37Cl2N3O5S/c1-35(42(38,39)30-12-8-7-11-29(30)40-2)22-28(34-41-3)25(23-13-14-26(32)27(33)21-23)15-18-36-19-16-31(37,17-20-36)24-9-5-4-6-10-24/h4-14,21,25,37H,15-20,22H2,1-3H3/b34-28-. The molecule has 3 aromatic rings. The molecule has 1 unspecified atom stereocenters. The summed E-state index contributed by atoms with van der Waals surface area (Å²) in [6.45, 7) is 2.12. The molecule has 1 atom stereocenters. The third kappa shape index (κ3) is 7.45. The van der Waals surface area contributed by atoms with E-state index in [1.807, 2.05) is 36.4 Å². The molecular formula is C31H37Cl2N3O5S. The number of sulfonamides is 1. The highest BCUT2D eigenvalue weighted by atomic mass is 35.5. The third-order valence-corrected chi connectivity index (χ3v) is 10.4. The van der Waals surface area contributed by atoms with Gasteiger partial charge < -0.3 is 19.6 Å². The quantitative estimate of drug-likeness (QED) is 0.201. The number of rotatable bonds is 12. The van der Waals surface area contributed by atoms with Crippen LogP contribution in [0.1, 0.15) is 36.3 Å². The Balaban J connectivity index is 1.55.